The van der Waals surface area contributed by atoms with Gasteiger partial charge in [-0.15, -0.1) is 0 Å². The molecule has 0 spiro atoms. The summed E-state index contributed by atoms with van der Waals surface area (Å²) in [5.41, 5.74) is 26.3. The van der Waals surface area contributed by atoms with Gasteiger partial charge in [0.1, 0.15) is 0 Å². The van der Waals surface area contributed by atoms with E-state index in [0.717, 1.165) is 0 Å². The molecule has 0 fully saturated rings. The van der Waals surface area contributed by atoms with Gasteiger partial charge < -0.3 is 33.8 Å². The average molecular weight is 459 g/mol. The first-order chi connectivity index (χ1) is 14.9. The Labute approximate surface area is 190 Å². The fourth-order valence-electron chi connectivity index (χ4n) is 3.59. The highest BCUT2D eigenvalue weighted by Gasteiger charge is 2.57. The van der Waals surface area contributed by atoms with Crippen molar-refractivity contribution in [2.24, 2.45) is 34.6 Å². The van der Waals surface area contributed by atoms with Crippen LogP contribution in [0.2, 0.25) is 0 Å². The van der Waals surface area contributed by atoms with Crippen LogP contribution in [0.3, 0.4) is 0 Å². The number of hydrogen-bond donors (Lipinski definition) is 6. The van der Waals surface area contributed by atoms with Crippen LogP contribution >= 0.6 is 0 Å². The van der Waals surface area contributed by atoms with Crippen molar-refractivity contribution < 1.29 is 24.3 Å². The monoisotopic (exact) mass is 458 g/mol. The fraction of sp³-hybridized carbons (Fsp3) is 0.810. The highest BCUT2D eigenvalue weighted by molar-refractivity contribution is 6.17. The van der Waals surface area contributed by atoms with Gasteiger partial charge in [0.05, 0.1) is 18.1 Å². The van der Waals surface area contributed by atoms with Crippen molar-refractivity contribution in [3.05, 3.63) is 0 Å². The second-order valence-electron chi connectivity index (χ2n) is 8.70. The van der Waals surface area contributed by atoms with Gasteiger partial charge in [0.25, 0.3) is 0 Å². The molecule has 0 heterocycles. The van der Waals surface area contributed by atoms with Crippen LogP contribution in [0.5, 0.6) is 0 Å². The maximum absolute atomic E-state index is 13.5. The molecule has 0 saturated carbocycles. The first-order valence-corrected chi connectivity index (χ1v) is 11.2. The molecule has 0 bridgehead atoms. The molecule has 0 radical (unpaired) electrons. The number of carboxylic acids is 1. The van der Waals surface area contributed by atoms with Crippen molar-refractivity contribution >= 4 is 23.6 Å². The molecular formula is C21H42N6O5. The van der Waals surface area contributed by atoms with E-state index in [1.165, 1.54) is 6.92 Å². The molecule has 11 nitrogen and oxygen atoms in total. The summed E-state index contributed by atoms with van der Waals surface area (Å²) in [5, 5.41) is 10.3. The van der Waals surface area contributed by atoms with E-state index in [4.69, 9.17) is 28.7 Å². The van der Waals surface area contributed by atoms with Gasteiger partial charge in [-0.25, -0.2) is 4.79 Å². The molecule has 4 atom stereocenters. The molecule has 0 aliphatic carbocycles. The van der Waals surface area contributed by atoms with Crippen molar-refractivity contribution in [2.75, 3.05) is 13.1 Å². The van der Waals surface area contributed by atoms with E-state index in [0.29, 0.717) is 30.7 Å². The highest BCUT2D eigenvalue weighted by Crippen LogP contribution is 2.29. The van der Waals surface area contributed by atoms with Crippen LogP contribution in [0.25, 0.3) is 0 Å². The number of hydrogen-bond acceptors (Lipinski definition) is 9. The van der Waals surface area contributed by atoms with Gasteiger partial charge >= 0.3 is 5.97 Å². The fourth-order valence-corrected chi connectivity index (χ4v) is 3.59. The maximum atomic E-state index is 13.5. The van der Waals surface area contributed by atoms with Crippen molar-refractivity contribution in [3.63, 3.8) is 0 Å². The topological polar surface area (TPSA) is 222 Å². The van der Waals surface area contributed by atoms with E-state index >= 15 is 0 Å². The van der Waals surface area contributed by atoms with E-state index < -0.39 is 47.2 Å². The Kier molecular flexibility index (Phi) is 13.4. The molecule has 0 saturated heterocycles. The maximum Gasteiger partial charge on any atom is 0.338 e. The van der Waals surface area contributed by atoms with Crippen LogP contribution < -0.4 is 28.7 Å². The Balaban J connectivity index is 6.60. The summed E-state index contributed by atoms with van der Waals surface area (Å²) in [5.74, 6) is -4.54. The highest BCUT2D eigenvalue weighted by atomic mass is 16.4. The predicted octanol–water partition coefficient (Wildman–Crippen LogP) is -0.960. The first kappa shape index (κ1) is 30.1. The van der Waals surface area contributed by atoms with Crippen LogP contribution in [0.4, 0.5) is 0 Å². The number of carbonyl (C=O) groups is 4. The normalized spacial score (nSPS) is 16.2. The molecule has 0 aliphatic rings. The number of carboxylic acid groups (broad SMARTS) is 1. The van der Waals surface area contributed by atoms with Crippen molar-refractivity contribution in [3.8, 4) is 0 Å². The minimum atomic E-state index is -2.52. The number of nitrogens with two attached hydrogens (primary N) is 5. The Hall–Kier alpha value is -1.92. The van der Waals surface area contributed by atoms with Crippen LogP contribution in [-0.2, 0) is 19.2 Å². The lowest BCUT2D eigenvalue weighted by Gasteiger charge is -2.41. The number of Topliss-reactive ketones (excluding diaryl/α,β-unsaturated/α-hetero) is 1. The zero-order valence-electron chi connectivity index (χ0n) is 19.6. The molecule has 186 valence electrons. The van der Waals surface area contributed by atoms with Gasteiger partial charge in [0.2, 0.25) is 17.4 Å². The van der Waals surface area contributed by atoms with Gasteiger partial charge in [0.15, 0.2) is 5.78 Å². The number of ketones is 1. The smallest absolute Gasteiger partial charge is 0.338 e. The van der Waals surface area contributed by atoms with E-state index in [1.54, 1.807) is 0 Å². The molecule has 0 rings (SSSR count). The zero-order valence-corrected chi connectivity index (χ0v) is 19.6. The largest absolute Gasteiger partial charge is 0.479 e. The summed E-state index contributed by atoms with van der Waals surface area (Å²) in [6, 6.07) is -3.64. The van der Waals surface area contributed by atoms with Crippen LogP contribution in [0, 0.1) is 5.92 Å². The van der Waals surface area contributed by atoms with Crippen LogP contribution in [0.1, 0.15) is 65.7 Å². The van der Waals surface area contributed by atoms with Crippen molar-refractivity contribution in [2.45, 2.75) is 89.4 Å². The molecule has 0 aromatic rings. The summed E-state index contributed by atoms with van der Waals surface area (Å²) in [7, 11) is 0. The van der Waals surface area contributed by atoms with Crippen LogP contribution in [-0.4, -0.2) is 70.3 Å². The summed E-state index contributed by atoms with van der Waals surface area (Å²) >= 11 is 0. The van der Waals surface area contributed by atoms with Gasteiger partial charge in [-0.2, -0.15) is 0 Å². The first-order valence-electron chi connectivity index (χ1n) is 11.2. The van der Waals surface area contributed by atoms with Crippen molar-refractivity contribution in [1.29, 1.82) is 0 Å². The van der Waals surface area contributed by atoms with Gasteiger partial charge in [-0.05, 0) is 64.5 Å². The number of carbonyl (C=O) groups excluding carboxylic acids is 3. The van der Waals surface area contributed by atoms with Crippen LogP contribution in [0.15, 0.2) is 0 Å². The Morgan fingerprint density at radius 1 is 0.844 bits per heavy atom. The number of aliphatic carboxylic acids is 1. The SMILES string of the molecule is CC(C)CC(N)C(=O)N(C(=O)C(C)N)C(CCCCN)(C(=O)O)C(=O)C(N)CCCCN. The van der Waals surface area contributed by atoms with E-state index in [1.807, 2.05) is 13.8 Å². The summed E-state index contributed by atoms with van der Waals surface area (Å²) < 4.78 is 0. The number of unbranched alkanes of at least 4 members (excludes halogenated alkanes) is 2. The number of amides is 2. The molecule has 11 heteroatoms. The minimum absolute atomic E-state index is 0.00751. The molecule has 4 unspecified atom stereocenters. The summed E-state index contributed by atoms with van der Waals surface area (Å²) in [6.45, 7) is 5.60. The third-order valence-electron chi connectivity index (χ3n) is 5.31. The summed E-state index contributed by atoms with van der Waals surface area (Å²) in [4.78, 5) is 53.0. The average Bonchev–Trinajstić information content (AvgIpc) is 2.71. The molecule has 32 heavy (non-hydrogen) atoms. The van der Waals surface area contributed by atoms with E-state index in [9.17, 15) is 24.3 Å². The summed E-state index contributed by atoms with van der Waals surface area (Å²) in [6.07, 6.45) is 1.67. The van der Waals surface area contributed by atoms with E-state index in [-0.39, 0.29) is 38.1 Å². The minimum Gasteiger partial charge on any atom is -0.479 e. The molecule has 0 aliphatic heterocycles. The van der Waals surface area contributed by atoms with E-state index in [2.05, 4.69) is 0 Å². The Bertz CT molecular complexity index is 642. The zero-order chi connectivity index (χ0) is 25.1. The Morgan fingerprint density at radius 3 is 1.81 bits per heavy atom. The molecule has 0 aromatic heterocycles. The van der Waals surface area contributed by atoms with Gasteiger partial charge in [0, 0.05) is 0 Å². The molecule has 0 aromatic carbocycles. The third kappa shape index (κ3) is 7.89. The molecular weight excluding hydrogens is 416 g/mol. The van der Waals surface area contributed by atoms with Crippen molar-refractivity contribution in [1.82, 2.24) is 4.90 Å². The lowest BCUT2D eigenvalue weighted by atomic mass is 9.80. The second-order valence-corrected chi connectivity index (χ2v) is 8.70. The molecule has 2 amide bonds. The lowest BCUT2D eigenvalue weighted by Crippen LogP contribution is -2.70. The third-order valence-corrected chi connectivity index (χ3v) is 5.31. The number of nitrogens with zero attached hydrogens (tertiary/aromatic N) is 1. The second kappa shape index (κ2) is 14.3. The quantitative estimate of drug-likeness (QED) is 0.123. The predicted molar refractivity (Wildman–Crippen MR) is 122 cm³/mol. The Morgan fingerprint density at radius 2 is 1.38 bits per heavy atom. The van der Waals surface area contributed by atoms with Gasteiger partial charge in [-0.1, -0.05) is 20.3 Å². The van der Waals surface area contributed by atoms with Gasteiger partial charge in [-0.3, -0.25) is 19.3 Å². The molecule has 11 N–H and O–H groups in total. The number of rotatable bonds is 16. The standard InChI is InChI=1S/C21H42N6O5/c1-13(2)12-16(26)19(30)27(18(29)14(3)24)21(20(31)32,9-5-7-11-23)17(28)15(25)8-4-6-10-22/h13-16H,4-12,22-26H2,1-3H3,(H,31,32). The number of imide groups is 1. The lowest BCUT2D eigenvalue weighted by molar-refractivity contribution is -0.173.